The van der Waals surface area contributed by atoms with Crippen LogP contribution < -0.4 is 14.8 Å². The molecular formula is C25H31N5O3. The lowest BCUT2D eigenvalue weighted by Gasteiger charge is -2.32. The Morgan fingerprint density at radius 3 is 2.55 bits per heavy atom. The summed E-state index contributed by atoms with van der Waals surface area (Å²) in [6.45, 7) is 2.71. The third-order valence-electron chi connectivity index (χ3n) is 6.05. The first kappa shape index (κ1) is 22.8. The lowest BCUT2D eigenvalue weighted by molar-refractivity contribution is -0.121. The van der Waals surface area contributed by atoms with Crippen molar-refractivity contribution in [3.05, 3.63) is 59.9 Å². The van der Waals surface area contributed by atoms with Crippen molar-refractivity contribution in [2.24, 2.45) is 7.05 Å². The van der Waals surface area contributed by atoms with E-state index in [1.165, 1.54) is 0 Å². The summed E-state index contributed by atoms with van der Waals surface area (Å²) in [6.07, 6.45) is 3.98. The molecule has 3 aromatic rings. The topological polar surface area (TPSA) is 81.5 Å². The predicted molar refractivity (Wildman–Crippen MR) is 126 cm³/mol. The Kier molecular flexibility index (Phi) is 7.24. The molecule has 0 bridgehead atoms. The van der Waals surface area contributed by atoms with Crippen molar-refractivity contribution in [2.45, 2.75) is 31.8 Å². The van der Waals surface area contributed by atoms with Crippen LogP contribution in [0, 0.1) is 0 Å². The fourth-order valence-corrected chi connectivity index (χ4v) is 4.21. The normalized spacial score (nSPS) is 14.8. The molecule has 4 rings (SSSR count). The maximum Gasteiger partial charge on any atom is 0.224 e. The Morgan fingerprint density at radius 1 is 1.06 bits per heavy atom. The first-order valence-electron chi connectivity index (χ1n) is 11.2. The molecular weight excluding hydrogens is 418 g/mol. The minimum absolute atomic E-state index is 0.0345. The first-order chi connectivity index (χ1) is 16.1. The number of methoxy groups -OCH3 is 2. The Hall–Kier alpha value is -3.39. The van der Waals surface area contributed by atoms with Crippen LogP contribution in [-0.2, 0) is 24.8 Å². The minimum Gasteiger partial charge on any atom is -0.493 e. The monoisotopic (exact) mass is 449 g/mol. The van der Waals surface area contributed by atoms with Gasteiger partial charge in [0.1, 0.15) is 5.69 Å². The number of rotatable bonds is 8. The third-order valence-corrected chi connectivity index (χ3v) is 6.05. The van der Waals surface area contributed by atoms with Gasteiger partial charge in [-0.05, 0) is 48.7 Å². The number of amides is 1. The van der Waals surface area contributed by atoms with E-state index < -0.39 is 0 Å². The highest BCUT2D eigenvalue weighted by molar-refractivity contribution is 5.79. The van der Waals surface area contributed by atoms with E-state index in [1.54, 1.807) is 20.4 Å². The van der Waals surface area contributed by atoms with E-state index in [2.05, 4.69) is 26.4 Å². The summed E-state index contributed by atoms with van der Waals surface area (Å²) in [6, 6.07) is 13.7. The number of aromatic nitrogens is 3. The van der Waals surface area contributed by atoms with Crippen LogP contribution in [0.15, 0.2) is 48.7 Å². The quantitative estimate of drug-likeness (QED) is 0.570. The van der Waals surface area contributed by atoms with E-state index >= 15 is 0 Å². The van der Waals surface area contributed by atoms with Crippen LogP contribution >= 0.6 is 0 Å². The van der Waals surface area contributed by atoms with Gasteiger partial charge in [-0.2, -0.15) is 5.10 Å². The number of hydrogen-bond acceptors (Lipinski definition) is 6. The van der Waals surface area contributed by atoms with Gasteiger partial charge in [0.2, 0.25) is 5.91 Å². The molecule has 1 N–H and O–H groups in total. The largest absolute Gasteiger partial charge is 0.493 e. The summed E-state index contributed by atoms with van der Waals surface area (Å²) >= 11 is 0. The number of carbonyl (C=O) groups is 1. The number of likely N-dealkylation sites (tertiary alicyclic amines) is 1. The van der Waals surface area contributed by atoms with Gasteiger partial charge in [-0.1, -0.05) is 12.1 Å². The van der Waals surface area contributed by atoms with Gasteiger partial charge in [0.05, 0.1) is 32.0 Å². The van der Waals surface area contributed by atoms with Gasteiger partial charge in [0.15, 0.2) is 11.5 Å². The van der Waals surface area contributed by atoms with E-state index in [1.807, 2.05) is 48.1 Å². The molecule has 0 radical (unpaired) electrons. The van der Waals surface area contributed by atoms with E-state index in [4.69, 9.17) is 9.47 Å². The van der Waals surface area contributed by atoms with Crippen LogP contribution in [0.2, 0.25) is 0 Å². The maximum atomic E-state index is 12.6. The zero-order chi connectivity index (χ0) is 23.2. The van der Waals surface area contributed by atoms with Crippen molar-refractivity contribution in [1.82, 2.24) is 25.0 Å². The van der Waals surface area contributed by atoms with Gasteiger partial charge in [-0.15, -0.1) is 0 Å². The van der Waals surface area contributed by atoms with Gasteiger partial charge in [0, 0.05) is 38.9 Å². The molecule has 0 saturated carbocycles. The lowest BCUT2D eigenvalue weighted by atomic mass is 10.0. The van der Waals surface area contributed by atoms with E-state index in [-0.39, 0.29) is 11.9 Å². The number of carbonyl (C=O) groups excluding carboxylic acids is 1. The van der Waals surface area contributed by atoms with Gasteiger partial charge in [0.25, 0.3) is 0 Å². The summed E-state index contributed by atoms with van der Waals surface area (Å²) in [5.41, 5.74) is 3.84. The number of nitrogens with zero attached hydrogens (tertiary/aromatic N) is 4. The Morgan fingerprint density at radius 2 is 1.85 bits per heavy atom. The van der Waals surface area contributed by atoms with Gasteiger partial charge >= 0.3 is 0 Å². The summed E-state index contributed by atoms with van der Waals surface area (Å²) < 4.78 is 12.5. The molecule has 0 aliphatic carbocycles. The van der Waals surface area contributed by atoms with E-state index in [9.17, 15) is 4.79 Å². The zero-order valence-electron chi connectivity index (χ0n) is 19.5. The third kappa shape index (κ3) is 5.70. The molecule has 8 nitrogen and oxygen atoms in total. The standard InChI is InChI=1S/C25H31N5O3/c1-29-20(16-22(28-29)21-6-4-5-11-26-21)17-30-12-9-19(10-13-30)27-25(31)15-18-7-8-23(32-2)24(14-18)33-3/h4-8,11,14,16,19H,9-10,12-13,15,17H2,1-3H3,(H,27,31). The molecule has 1 fully saturated rings. The molecule has 1 amide bonds. The molecule has 1 saturated heterocycles. The molecule has 3 heterocycles. The summed E-state index contributed by atoms with van der Waals surface area (Å²) in [5.74, 6) is 1.33. The van der Waals surface area contributed by atoms with Crippen molar-refractivity contribution in [3.8, 4) is 22.9 Å². The van der Waals surface area contributed by atoms with Crippen molar-refractivity contribution in [3.63, 3.8) is 0 Å². The van der Waals surface area contributed by atoms with Crippen LogP contribution in [0.4, 0.5) is 0 Å². The second-order valence-corrected chi connectivity index (χ2v) is 8.34. The molecule has 1 aliphatic rings. The molecule has 1 aliphatic heterocycles. The van der Waals surface area contributed by atoms with Gasteiger partial charge in [-0.3, -0.25) is 19.4 Å². The average Bonchev–Trinajstić information content (AvgIpc) is 3.20. The number of aryl methyl sites for hydroxylation is 1. The summed E-state index contributed by atoms with van der Waals surface area (Å²) in [4.78, 5) is 19.4. The molecule has 33 heavy (non-hydrogen) atoms. The van der Waals surface area contributed by atoms with Crippen molar-refractivity contribution >= 4 is 5.91 Å². The zero-order valence-corrected chi connectivity index (χ0v) is 19.5. The van der Waals surface area contributed by atoms with E-state index in [0.29, 0.717) is 17.9 Å². The van der Waals surface area contributed by atoms with Crippen LogP contribution in [0.1, 0.15) is 24.1 Å². The highest BCUT2D eigenvalue weighted by Gasteiger charge is 2.22. The molecule has 0 spiro atoms. The second kappa shape index (κ2) is 10.5. The molecule has 8 heteroatoms. The van der Waals surface area contributed by atoms with Crippen molar-refractivity contribution in [2.75, 3.05) is 27.3 Å². The number of hydrogen-bond donors (Lipinski definition) is 1. The van der Waals surface area contributed by atoms with E-state index in [0.717, 1.165) is 55.1 Å². The first-order valence-corrected chi connectivity index (χ1v) is 11.2. The Bertz CT molecular complexity index is 1070. The Balaban J connectivity index is 1.26. The fraction of sp³-hybridized carbons (Fsp3) is 0.400. The van der Waals surface area contributed by atoms with Gasteiger partial charge < -0.3 is 14.8 Å². The molecule has 0 unspecified atom stereocenters. The highest BCUT2D eigenvalue weighted by Crippen LogP contribution is 2.27. The number of piperidine rings is 1. The van der Waals surface area contributed by atoms with Crippen LogP contribution in [0.3, 0.4) is 0 Å². The van der Waals surface area contributed by atoms with Crippen LogP contribution in [-0.4, -0.2) is 58.9 Å². The number of ether oxygens (including phenoxy) is 2. The number of pyridine rings is 1. The molecule has 1 aromatic carbocycles. The lowest BCUT2D eigenvalue weighted by Crippen LogP contribution is -2.44. The predicted octanol–water partition coefficient (Wildman–Crippen LogP) is 2.82. The highest BCUT2D eigenvalue weighted by atomic mass is 16.5. The van der Waals surface area contributed by atoms with Crippen molar-refractivity contribution < 1.29 is 14.3 Å². The summed E-state index contributed by atoms with van der Waals surface area (Å²) in [5, 5.41) is 7.81. The average molecular weight is 450 g/mol. The minimum atomic E-state index is 0.0345. The fourth-order valence-electron chi connectivity index (χ4n) is 4.21. The Labute approximate surface area is 194 Å². The van der Waals surface area contributed by atoms with Crippen LogP contribution in [0.25, 0.3) is 11.4 Å². The van der Waals surface area contributed by atoms with Gasteiger partial charge in [-0.25, -0.2) is 0 Å². The smallest absolute Gasteiger partial charge is 0.224 e. The molecule has 2 aromatic heterocycles. The maximum absolute atomic E-state index is 12.6. The molecule has 0 atom stereocenters. The van der Waals surface area contributed by atoms with Crippen LogP contribution in [0.5, 0.6) is 11.5 Å². The summed E-state index contributed by atoms with van der Waals surface area (Å²) in [7, 11) is 5.17. The number of nitrogens with one attached hydrogen (secondary N) is 1. The molecule has 174 valence electrons. The van der Waals surface area contributed by atoms with Crippen molar-refractivity contribution in [1.29, 1.82) is 0 Å². The second-order valence-electron chi connectivity index (χ2n) is 8.34. The number of benzene rings is 1. The SMILES string of the molecule is COc1ccc(CC(=O)NC2CCN(Cc3cc(-c4ccccn4)nn3C)CC2)cc1OC.